The molecule has 3 aromatic rings. The molecule has 28 N–H and O–H groups in total. The predicted molar refractivity (Wildman–Crippen MR) is 378 cm³/mol. The number of rotatable bonds is 38. The first-order chi connectivity index (χ1) is 48.8. The van der Waals surface area contributed by atoms with Crippen LogP contribution in [0.5, 0.6) is 5.75 Å². The third kappa shape index (κ3) is 29.7. The van der Waals surface area contributed by atoms with Gasteiger partial charge in [0.1, 0.15) is 54.1 Å². The van der Waals surface area contributed by atoms with E-state index >= 15 is 0 Å². The lowest BCUT2D eigenvalue weighted by molar-refractivity contribution is -0.142. The highest BCUT2D eigenvalue weighted by atomic mass is 16.3. The van der Waals surface area contributed by atoms with E-state index < -0.39 is 151 Å². The Morgan fingerprint density at radius 2 is 1.12 bits per heavy atom. The first-order valence-corrected chi connectivity index (χ1v) is 33.8. The maximum atomic E-state index is 14.8. The van der Waals surface area contributed by atoms with Gasteiger partial charge in [0.15, 0.2) is 17.9 Å². The van der Waals surface area contributed by atoms with Gasteiger partial charge in [-0.15, -0.1) is 0 Å². The molecule has 556 valence electrons. The van der Waals surface area contributed by atoms with Crippen molar-refractivity contribution in [3.63, 3.8) is 0 Å². The summed E-state index contributed by atoms with van der Waals surface area (Å²) in [6, 6.07) is 11.5. The number of likely N-dealkylation sites (tertiary alicyclic amines) is 1. The Morgan fingerprint density at radius 3 is 1.73 bits per heavy atom. The molecule has 3 aromatic carbocycles. The fraction of sp³-hybridized carbons (Fsp3) is 0.500. The number of phenols is 1. The molecule has 0 aromatic heterocycles. The van der Waals surface area contributed by atoms with Gasteiger partial charge >= 0.3 is 0 Å². The summed E-state index contributed by atoms with van der Waals surface area (Å²) >= 11 is 0. The van der Waals surface area contributed by atoms with E-state index in [0.717, 1.165) is 11.1 Å². The molecule has 1 unspecified atom stereocenters. The van der Waals surface area contributed by atoms with E-state index in [9.17, 15) is 62.6 Å². The van der Waals surface area contributed by atoms with Gasteiger partial charge in [-0.3, -0.25) is 72.5 Å². The Labute approximate surface area is 590 Å². The highest BCUT2D eigenvalue weighted by Gasteiger charge is 2.41. The molecular formula is C66H99N23O13. The lowest BCUT2D eigenvalue weighted by Gasteiger charge is -2.31. The second-order valence-corrected chi connectivity index (χ2v) is 24.5. The van der Waals surface area contributed by atoms with E-state index in [1.807, 2.05) is 30.3 Å². The van der Waals surface area contributed by atoms with Crippen LogP contribution in [0.1, 0.15) is 93.7 Å². The van der Waals surface area contributed by atoms with Crippen LogP contribution in [0.4, 0.5) is 0 Å². The zero-order valence-electron chi connectivity index (χ0n) is 57.0. The molecule has 5 rings (SSSR count). The topological polar surface area (TPSA) is 606 Å². The van der Waals surface area contributed by atoms with Crippen LogP contribution in [-0.2, 0) is 76.8 Å². The zero-order chi connectivity index (χ0) is 74.5. The van der Waals surface area contributed by atoms with Crippen LogP contribution in [0.25, 0.3) is 0 Å². The Bertz CT molecular complexity index is 3390. The van der Waals surface area contributed by atoms with Crippen molar-refractivity contribution in [2.75, 3.05) is 58.9 Å². The minimum atomic E-state index is -1.86. The van der Waals surface area contributed by atoms with E-state index in [1.54, 1.807) is 42.5 Å². The molecule has 0 saturated carbocycles. The number of guanidine groups is 3. The summed E-state index contributed by atoms with van der Waals surface area (Å²) in [7, 11) is 0. The zero-order valence-corrected chi connectivity index (χ0v) is 57.0. The molecule has 36 heteroatoms. The summed E-state index contributed by atoms with van der Waals surface area (Å²) in [5, 5.41) is 38.8. The molecule has 0 aliphatic carbocycles. The quantitative estimate of drug-likeness (QED) is 0.0144. The van der Waals surface area contributed by atoms with Gasteiger partial charge in [-0.25, -0.2) is 0 Å². The number of carbonyl (C=O) groups excluding carboxylic acids is 12. The lowest BCUT2D eigenvalue weighted by atomic mass is 10.0. The van der Waals surface area contributed by atoms with Gasteiger partial charge in [0, 0.05) is 39.1 Å². The molecular weight excluding hydrogens is 1320 g/mol. The van der Waals surface area contributed by atoms with Gasteiger partial charge in [0.25, 0.3) is 0 Å². The average Bonchev–Trinajstić information content (AvgIpc) is 1.60. The molecule has 2 heterocycles. The number of phenolic OH excluding ortho intramolecular Hbond substituents is 1. The normalized spacial score (nSPS) is 18.2. The van der Waals surface area contributed by atoms with E-state index in [2.05, 4.69) is 73.5 Å². The molecule has 36 nitrogen and oxygen atoms in total. The monoisotopic (exact) mass is 1420 g/mol. The molecule has 0 radical (unpaired) electrons. The van der Waals surface area contributed by atoms with Crippen molar-refractivity contribution in [1.82, 2.24) is 63.4 Å². The molecule has 2 saturated heterocycles. The molecule has 0 bridgehead atoms. The van der Waals surface area contributed by atoms with Crippen LogP contribution in [-0.4, -0.2) is 212 Å². The fourth-order valence-electron chi connectivity index (χ4n) is 11.1. The highest BCUT2D eigenvalue weighted by molar-refractivity contribution is 6.00. The largest absolute Gasteiger partial charge is 0.508 e. The van der Waals surface area contributed by atoms with Crippen molar-refractivity contribution in [2.45, 2.75) is 151 Å². The van der Waals surface area contributed by atoms with Crippen LogP contribution in [0.3, 0.4) is 0 Å². The van der Waals surface area contributed by atoms with Crippen molar-refractivity contribution in [3.05, 3.63) is 102 Å². The predicted octanol–water partition coefficient (Wildman–Crippen LogP) is -6.71. The summed E-state index contributed by atoms with van der Waals surface area (Å²) in [5.41, 5.74) is 47.0. The molecule has 2 aliphatic rings. The van der Waals surface area contributed by atoms with Gasteiger partial charge in [-0.1, -0.05) is 72.8 Å². The summed E-state index contributed by atoms with van der Waals surface area (Å²) < 4.78 is 0. The van der Waals surface area contributed by atoms with Gasteiger partial charge in [-0.2, -0.15) is 0 Å². The number of primary amides is 1. The molecule has 102 heavy (non-hydrogen) atoms. The first kappa shape index (κ1) is 81.5. The number of aromatic hydroxyl groups is 1. The van der Waals surface area contributed by atoms with Crippen LogP contribution < -0.4 is 104 Å². The molecule has 2 fully saturated rings. The maximum absolute atomic E-state index is 14.8. The van der Waals surface area contributed by atoms with Gasteiger partial charge in [0.05, 0.1) is 25.6 Å². The van der Waals surface area contributed by atoms with Crippen molar-refractivity contribution in [1.29, 1.82) is 0 Å². The summed E-state index contributed by atoms with van der Waals surface area (Å²) in [6.07, 6.45) is 1.01. The Hall–Kier alpha value is -11.2. The van der Waals surface area contributed by atoms with Gasteiger partial charge < -0.3 is 114 Å². The Morgan fingerprint density at radius 1 is 0.569 bits per heavy atom. The molecule has 9 atom stereocenters. The Kier molecular flexibility index (Phi) is 34.7. The molecule has 2 aliphatic heterocycles. The summed E-state index contributed by atoms with van der Waals surface area (Å²) in [4.78, 5) is 183. The third-order valence-electron chi connectivity index (χ3n) is 16.5. The maximum Gasteiger partial charge on any atom is 0.245 e. The van der Waals surface area contributed by atoms with Crippen LogP contribution >= 0.6 is 0 Å². The van der Waals surface area contributed by atoms with E-state index in [0.29, 0.717) is 44.3 Å². The number of hydrogen-bond donors (Lipinski definition) is 20. The summed E-state index contributed by atoms with van der Waals surface area (Å²) in [5.74, 6) is -11.4. The number of benzene rings is 3. The standard InChI is InChI=1S/C66H99N23O13/c67-27-8-7-17-43(55(68)94)83-62(101)51-21-12-32-89(51)63(102)46(20-11-30-78-66(73)74)86-61(100)50-36-79-52(91)35-49(60(99)85-44(18-9-28-76-64(69)70)57(96)84-45(58(97)88-50)19-10-29-77-65(71)72)87-59(98)48(34-40-15-5-2-6-16-40)82-54(93)38-80-53(92)37-81-56(95)47(33-41-22-24-42(90)25-23-41)75-31-26-39-13-3-1-4-14-39/h1-6,13-16,22-25,43-51,75,90H,7-12,17-21,26-38,67H2,(H2,68,94)(H,79,91)(H,80,92)(H,81,95)(H,82,93)(H,83,101)(H,84,96)(H,85,99)(H,86,100)(H,87,98)(H,88,97)(H4,69,70,76)(H4,71,72,77)(H4,73,74,78)/t43-,44-,45-,46-,47-,48-,49+,50?,51-/m0/s1. The number of nitrogens with zero attached hydrogens (tertiary/aromatic N) is 4. The van der Waals surface area contributed by atoms with E-state index in [4.69, 9.17) is 45.9 Å². The van der Waals surface area contributed by atoms with E-state index in [-0.39, 0.29) is 114 Å². The fourth-order valence-corrected chi connectivity index (χ4v) is 11.1. The number of aliphatic imine (C=N–C) groups is 3. The van der Waals surface area contributed by atoms with Crippen molar-refractivity contribution in [3.8, 4) is 5.75 Å². The third-order valence-corrected chi connectivity index (χ3v) is 16.5. The second-order valence-electron chi connectivity index (χ2n) is 24.5. The van der Waals surface area contributed by atoms with Crippen LogP contribution in [0.2, 0.25) is 0 Å². The number of amides is 12. The van der Waals surface area contributed by atoms with Gasteiger partial charge in [0.2, 0.25) is 70.9 Å². The highest BCUT2D eigenvalue weighted by Crippen LogP contribution is 2.21. The van der Waals surface area contributed by atoms with Crippen LogP contribution in [0.15, 0.2) is 99.9 Å². The number of nitrogens with two attached hydrogens (primary N) is 8. The lowest BCUT2D eigenvalue weighted by Crippen LogP contribution is -2.63. The second kappa shape index (κ2) is 43.4. The Balaban J connectivity index is 1.42. The number of nitrogens with one attached hydrogen (secondary N) is 11. The molecule has 12 amide bonds. The summed E-state index contributed by atoms with van der Waals surface area (Å²) in [6.45, 7) is -1.35. The minimum absolute atomic E-state index is 0.0198. The number of unbranched alkanes of at least 4 members (excludes halogenated alkanes) is 1. The SMILES string of the molecule is NCCCC[C@H](NC(=O)[C@@H]1CCCN1C(=O)[C@H](CCCN=C(N)N)NC(=O)C1CNC(=O)C[C@@H](NC(=O)[C@H](Cc2ccccc2)NC(=O)CNC(=O)CNC(=O)[C@H](Cc2ccc(O)cc2)NCCc2ccccc2)C(=O)N[C@@H](CCCN=C(N)N)C(=O)N[C@@H](CCCN=C(N)N)C(=O)N1)C(N)=O. The minimum Gasteiger partial charge on any atom is -0.508 e. The van der Waals surface area contributed by atoms with E-state index in [1.165, 1.54) is 17.0 Å². The van der Waals surface area contributed by atoms with Gasteiger partial charge in [-0.05, 0) is 125 Å². The van der Waals surface area contributed by atoms with Crippen molar-refractivity contribution < 1.29 is 62.6 Å². The average molecular weight is 1420 g/mol. The number of hydrogen-bond acceptors (Lipinski definition) is 18. The number of carbonyl (C=O) groups is 12. The first-order valence-electron chi connectivity index (χ1n) is 33.8. The molecule has 0 spiro atoms. The van der Waals surface area contributed by atoms with Crippen molar-refractivity contribution in [2.24, 2.45) is 60.8 Å². The smallest absolute Gasteiger partial charge is 0.245 e. The van der Waals surface area contributed by atoms with Crippen molar-refractivity contribution >= 4 is 88.8 Å². The van der Waals surface area contributed by atoms with Crippen LogP contribution in [0, 0.1) is 0 Å².